The number of methoxy groups -OCH3 is 1. The van der Waals surface area contributed by atoms with Crippen LogP contribution in [0.1, 0.15) is 61.8 Å². The van der Waals surface area contributed by atoms with Crippen molar-refractivity contribution in [1.82, 2.24) is 0 Å². The summed E-state index contributed by atoms with van der Waals surface area (Å²) in [6.45, 7) is 6.75. The molecule has 0 heterocycles. The van der Waals surface area contributed by atoms with E-state index < -0.39 is 29.3 Å². The molecule has 0 amide bonds. The van der Waals surface area contributed by atoms with Gasteiger partial charge in [0.25, 0.3) is 0 Å². The first-order valence-electron chi connectivity index (χ1n) is 8.80. The maximum absolute atomic E-state index is 12.7. The molecule has 0 aliphatic rings. The van der Waals surface area contributed by atoms with Crippen molar-refractivity contribution in [2.75, 3.05) is 7.11 Å². The summed E-state index contributed by atoms with van der Waals surface area (Å²) in [6, 6.07) is 6.81. The topological polar surface area (TPSA) is 9.23 Å². The molecule has 2 aromatic rings. The van der Waals surface area contributed by atoms with Gasteiger partial charge in [0.2, 0.25) is 0 Å². The van der Waals surface area contributed by atoms with Crippen LogP contribution in [0.3, 0.4) is 0 Å². The molecule has 162 valence electrons. The molecule has 0 fully saturated rings. The molecule has 0 spiro atoms. The van der Waals surface area contributed by atoms with E-state index in [1.54, 1.807) is 33.8 Å². The van der Waals surface area contributed by atoms with E-state index in [4.69, 9.17) is 4.74 Å². The Morgan fingerprint density at radius 3 is 1.48 bits per heavy atom. The molecule has 0 saturated carbocycles. The minimum absolute atomic E-state index is 0.124. The van der Waals surface area contributed by atoms with Crippen LogP contribution < -0.4 is 4.74 Å². The van der Waals surface area contributed by atoms with Crippen LogP contribution in [-0.2, 0) is 12.4 Å². The van der Waals surface area contributed by atoms with E-state index in [9.17, 15) is 30.7 Å². The molecule has 0 aliphatic carbocycles. The SMILES string of the molecule is CC(C)c1ccc(F)cc1C(F)(F)F.COc1ccc(C(C)C)c(C(F)(F)F)c1. The van der Waals surface area contributed by atoms with Crippen molar-refractivity contribution in [2.45, 2.75) is 51.9 Å². The van der Waals surface area contributed by atoms with E-state index in [1.165, 1.54) is 19.2 Å². The van der Waals surface area contributed by atoms with Crippen LogP contribution in [0, 0.1) is 5.82 Å². The standard InChI is InChI=1S/C11H13F3O.C10H10F4/c1-7(2)9-5-4-8(15-3)6-10(9)11(12,13)14;1-6(2)8-4-3-7(11)5-9(8)10(12,13)14/h4-7H,1-3H3;3-6H,1-2H3. The third-order valence-corrected chi connectivity index (χ3v) is 4.13. The molecule has 0 N–H and O–H groups in total. The van der Waals surface area contributed by atoms with Gasteiger partial charge in [-0.05, 0) is 47.2 Å². The van der Waals surface area contributed by atoms with Crippen LogP contribution in [0.5, 0.6) is 5.75 Å². The number of rotatable bonds is 3. The lowest BCUT2D eigenvalue weighted by atomic mass is 9.96. The molecule has 1 nitrogen and oxygen atoms in total. The Morgan fingerprint density at radius 1 is 0.690 bits per heavy atom. The van der Waals surface area contributed by atoms with Crippen LogP contribution in [-0.4, -0.2) is 7.11 Å². The second kappa shape index (κ2) is 9.50. The highest BCUT2D eigenvalue weighted by Crippen LogP contribution is 2.37. The Labute approximate surface area is 165 Å². The summed E-state index contributed by atoms with van der Waals surface area (Å²) in [5.41, 5.74) is -1.08. The van der Waals surface area contributed by atoms with Crippen molar-refractivity contribution >= 4 is 0 Å². The summed E-state index contributed by atoms with van der Waals surface area (Å²) in [5.74, 6) is -1.06. The van der Waals surface area contributed by atoms with Crippen molar-refractivity contribution < 1.29 is 35.5 Å². The smallest absolute Gasteiger partial charge is 0.416 e. The van der Waals surface area contributed by atoms with Crippen molar-refractivity contribution in [3.05, 3.63) is 64.5 Å². The average Bonchev–Trinajstić information content (AvgIpc) is 2.59. The molecule has 0 unspecified atom stereocenters. The molecule has 0 atom stereocenters. The van der Waals surface area contributed by atoms with Gasteiger partial charge in [0.15, 0.2) is 0 Å². The highest BCUT2D eigenvalue weighted by atomic mass is 19.4. The lowest BCUT2D eigenvalue weighted by molar-refractivity contribution is -0.139. The number of alkyl halides is 6. The van der Waals surface area contributed by atoms with Crippen LogP contribution in [0.25, 0.3) is 0 Å². The zero-order valence-electron chi connectivity index (χ0n) is 16.7. The van der Waals surface area contributed by atoms with Crippen LogP contribution in [0.2, 0.25) is 0 Å². The molecular formula is C21H23F7O. The molecule has 0 bridgehead atoms. The molecule has 0 aliphatic heterocycles. The van der Waals surface area contributed by atoms with Gasteiger partial charge in [-0.3, -0.25) is 0 Å². The van der Waals surface area contributed by atoms with Gasteiger partial charge < -0.3 is 4.74 Å². The van der Waals surface area contributed by atoms with Gasteiger partial charge in [-0.1, -0.05) is 39.8 Å². The summed E-state index contributed by atoms with van der Waals surface area (Å²) in [4.78, 5) is 0. The maximum Gasteiger partial charge on any atom is 0.416 e. The fraction of sp³-hybridized carbons (Fsp3) is 0.429. The second-order valence-electron chi connectivity index (χ2n) is 6.99. The molecular weight excluding hydrogens is 401 g/mol. The van der Waals surface area contributed by atoms with E-state index in [1.807, 2.05) is 0 Å². The van der Waals surface area contributed by atoms with Gasteiger partial charge in [0.05, 0.1) is 18.2 Å². The fourth-order valence-corrected chi connectivity index (χ4v) is 2.69. The van der Waals surface area contributed by atoms with Crippen LogP contribution in [0.15, 0.2) is 36.4 Å². The molecule has 2 aromatic carbocycles. The first-order chi connectivity index (χ1) is 13.2. The van der Waals surface area contributed by atoms with Gasteiger partial charge in [-0.25, -0.2) is 4.39 Å². The first kappa shape index (κ1) is 24.8. The minimum Gasteiger partial charge on any atom is -0.497 e. The zero-order valence-corrected chi connectivity index (χ0v) is 16.7. The number of hydrogen-bond acceptors (Lipinski definition) is 1. The van der Waals surface area contributed by atoms with E-state index in [2.05, 4.69) is 0 Å². The molecule has 2 rings (SSSR count). The highest BCUT2D eigenvalue weighted by Gasteiger charge is 2.35. The van der Waals surface area contributed by atoms with Crippen molar-refractivity contribution in [1.29, 1.82) is 0 Å². The fourth-order valence-electron chi connectivity index (χ4n) is 2.69. The van der Waals surface area contributed by atoms with E-state index >= 15 is 0 Å². The predicted octanol–water partition coefficient (Wildman–Crippen LogP) is 7.81. The van der Waals surface area contributed by atoms with Crippen molar-refractivity contribution in [3.8, 4) is 5.75 Å². The van der Waals surface area contributed by atoms with Gasteiger partial charge in [-0.2, -0.15) is 26.3 Å². The maximum atomic E-state index is 12.7. The average molecular weight is 424 g/mol. The molecule has 0 aromatic heterocycles. The monoisotopic (exact) mass is 424 g/mol. The normalized spacial score (nSPS) is 12.1. The Morgan fingerprint density at radius 2 is 1.10 bits per heavy atom. The van der Waals surface area contributed by atoms with E-state index in [0.29, 0.717) is 11.6 Å². The number of hydrogen-bond donors (Lipinski definition) is 0. The van der Waals surface area contributed by atoms with Gasteiger partial charge in [-0.15, -0.1) is 0 Å². The Bertz CT molecular complexity index is 806. The minimum atomic E-state index is -4.48. The van der Waals surface area contributed by atoms with Gasteiger partial charge in [0.1, 0.15) is 11.6 Å². The quantitative estimate of drug-likeness (QED) is 0.457. The summed E-state index contributed by atoms with van der Waals surface area (Å²) >= 11 is 0. The van der Waals surface area contributed by atoms with Gasteiger partial charge >= 0.3 is 12.4 Å². The highest BCUT2D eigenvalue weighted by molar-refractivity contribution is 5.39. The molecule has 0 saturated heterocycles. The Hall–Kier alpha value is -2.25. The number of ether oxygens (including phenoxy) is 1. The molecule has 29 heavy (non-hydrogen) atoms. The van der Waals surface area contributed by atoms with Crippen molar-refractivity contribution in [2.24, 2.45) is 0 Å². The third-order valence-electron chi connectivity index (χ3n) is 4.13. The first-order valence-corrected chi connectivity index (χ1v) is 8.80. The summed E-state index contributed by atoms with van der Waals surface area (Å²) < 4.78 is 92.7. The predicted molar refractivity (Wildman–Crippen MR) is 97.6 cm³/mol. The third kappa shape index (κ3) is 6.94. The zero-order chi connectivity index (χ0) is 22.6. The molecule has 8 heteroatoms. The summed E-state index contributed by atoms with van der Waals surface area (Å²) in [6.07, 6.45) is -8.81. The Balaban J connectivity index is 0.000000291. The largest absolute Gasteiger partial charge is 0.497 e. The van der Waals surface area contributed by atoms with Crippen LogP contribution in [0.4, 0.5) is 30.7 Å². The second-order valence-corrected chi connectivity index (χ2v) is 6.99. The number of benzene rings is 2. The number of halogens is 7. The summed E-state index contributed by atoms with van der Waals surface area (Å²) in [5, 5.41) is 0. The molecule has 0 radical (unpaired) electrons. The Kier molecular flexibility index (Phi) is 8.12. The van der Waals surface area contributed by atoms with E-state index in [-0.39, 0.29) is 23.1 Å². The van der Waals surface area contributed by atoms with Crippen LogP contribution >= 0.6 is 0 Å². The lowest BCUT2D eigenvalue weighted by Gasteiger charge is -2.16. The summed E-state index contributed by atoms with van der Waals surface area (Å²) in [7, 11) is 1.35. The lowest BCUT2D eigenvalue weighted by Crippen LogP contribution is -2.10. The van der Waals surface area contributed by atoms with Gasteiger partial charge in [0, 0.05) is 0 Å². The van der Waals surface area contributed by atoms with Crippen molar-refractivity contribution in [3.63, 3.8) is 0 Å². The van der Waals surface area contributed by atoms with E-state index in [0.717, 1.165) is 12.1 Å².